The highest BCUT2D eigenvalue weighted by atomic mass is 16.6. The van der Waals surface area contributed by atoms with Crippen molar-refractivity contribution in [3.8, 4) is 5.75 Å². The molecular weight excluding hydrogens is 248 g/mol. The van der Waals surface area contributed by atoms with E-state index in [-0.39, 0.29) is 28.9 Å². The van der Waals surface area contributed by atoms with E-state index in [0.29, 0.717) is 0 Å². The van der Waals surface area contributed by atoms with E-state index in [1.807, 2.05) is 0 Å². The molecule has 6 heteroatoms. The monoisotopic (exact) mass is 264 g/mol. The highest BCUT2D eigenvalue weighted by Crippen LogP contribution is 2.30. The van der Waals surface area contributed by atoms with E-state index in [2.05, 4.69) is 5.32 Å². The number of non-ortho nitro benzene ring substituents is 1. The molecule has 0 heterocycles. The minimum atomic E-state index is -0.560. The molecule has 0 radical (unpaired) electrons. The van der Waals surface area contributed by atoms with Crippen molar-refractivity contribution in [2.45, 2.75) is 32.1 Å². The van der Waals surface area contributed by atoms with Gasteiger partial charge in [0.25, 0.3) is 5.69 Å². The van der Waals surface area contributed by atoms with Crippen LogP contribution in [0.25, 0.3) is 0 Å². The quantitative estimate of drug-likeness (QED) is 0.498. The molecule has 1 aromatic rings. The summed E-state index contributed by atoms with van der Waals surface area (Å²) in [5.74, 6) is -0.391. The second-order valence-electron chi connectivity index (χ2n) is 4.78. The Morgan fingerprint density at radius 3 is 2.63 bits per heavy atom. The van der Waals surface area contributed by atoms with Crippen LogP contribution in [0.4, 0.5) is 11.4 Å². The molecule has 0 aliphatic heterocycles. The molecule has 102 valence electrons. The fourth-order valence-electron chi connectivity index (χ4n) is 2.34. The van der Waals surface area contributed by atoms with Gasteiger partial charge in [0.15, 0.2) is 0 Å². The Labute approximate surface area is 110 Å². The first-order valence-electron chi connectivity index (χ1n) is 6.36. The molecular formula is C13H16N2O4. The van der Waals surface area contributed by atoms with Gasteiger partial charge in [0.05, 0.1) is 10.6 Å². The Balaban J connectivity index is 2.11. The maximum absolute atomic E-state index is 12.0. The lowest BCUT2D eigenvalue weighted by Crippen LogP contribution is -2.24. The summed E-state index contributed by atoms with van der Waals surface area (Å²) in [5.41, 5.74) is -0.0542. The molecule has 1 aromatic carbocycles. The molecule has 1 aliphatic carbocycles. The number of anilines is 1. The number of carbonyl (C=O) groups excluding carboxylic acids is 1. The van der Waals surface area contributed by atoms with Crippen LogP contribution in [0.3, 0.4) is 0 Å². The van der Waals surface area contributed by atoms with Crippen molar-refractivity contribution < 1.29 is 14.8 Å². The number of phenols is 1. The van der Waals surface area contributed by atoms with E-state index in [0.717, 1.165) is 32.1 Å². The Hall–Kier alpha value is -2.11. The zero-order chi connectivity index (χ0) is 13.8. The molecule has 19 heavy (non-hydrogen) atoms. The van der Waals surface area contributed by atoms with Gasteiger partial charge in [-0.25, -0.2) is 0 Å². The van der Waals surface area contributed by atoms with Gasteiger partial charge in [-0.3, -0.25) is 14.9 Å². The van der Waals surface area contributed by atoms with E-state index in [1.54, 1.807) is 0 Å². The second kappa shape index (κ2) is 5.69. The first kappa shape index (κ1) is 13.3. The second-order valence-corrected chi connectivity index (χ2v) is 4.78. The number of nitro benzene ring substituents is 1. The molecule has 2 N–H and O–H groups in total. The maximum Gasteiger partial charge on any atom is 0.271 e. The standard InChI is InChI=1S/C13H16N2O4/c16-12-7-6-10(15(18)19)8-11(12)14-13(17)9-4-2-1-3-5-9/h6-9,16H,1-5H2,(H,14,17). The number of phenolic OH excluding ortho intramolecular Hbond substituents is 1. The van der Waals surface area contributed by atoms with Crippen LogP contribution in [0.15, 0.2) is 18.2 Å². The van der Waals surface area contributed by atoms with Crippen molar-refractivity contribution in [1.29, 1.82) is 0 Å². The van der Waals surface area contributed by atoms with Gasteiger partial charge < -0.3 is 10.4 Å². The Morgan fingerprint density at radius 1 is 1.32 bits per heavy atom. The van der Waals surface area contributed by atoms with E-state index in [4.69, 9.17) is 0 Å². The van der Waals surface area contributed by atoms with Gasteiger partial charge in [-0.15, -0.1) is 0 Å². The molecule has 1 saturated carbocycles. The number of rotatable bonds is 3. The van der Waals surface area contributed by atoms with Crippen molar-refractivity contribution in [1.82, 2.24) is 0 Å². The molecule has 0 aromatic heterocycles. The number of nitrogens with one attached hydrogen (secondary N) is 1. The van der Waals surface area contributed by atoms with Crippen molar-refractivity contribution in [3.63, 3.8) is 0 Å². The van der Waals surface area contributed by atoms with Crippen LogP contribution in [-0.4, -0.2) is 15.9 Å². The number of nitrogens with zero attached hydrogens (tertiary/aromatic N) is 1. The predicted octanol–water partition coefficient (Wildman–Crippen LogP) is 2.82. The topological polar surface area (TPSA) is 92.5 Å². The fourth-order valence-corrected chi connectivity index (χ4v) is 2.34. The first-order chi connectivity index (χ1) is 9.08. The average molecular weight is 264 g/mol. The smallest absolute Gasteiger partial charge is 0.271 e. The number of carbonyl (C=O) groups is 1. The van der Waals surface area contributed by atoms with Crippen LogP contribution in [0.2, 0.25) is 0 Å². The molecule has 6 nitrogen and oxygen atoms in total. The SMILES string of the molecule is O=C(Nc1cc([N+](=O)[O-])ccc1O)C1CCCCC1. The molecule has 1 aliphatic rings. The lowest BCUT2D eigenvalue weighted by molar-refractivity contribution is -0.384. The Bertz CT molecular complexity index is 495. The number of benzene rings is 1. The summed E-state index contributed by atoms with van der Waals surface area (Å²) in [7, 11) is 0. The third kappa shape index (κ3) is 3.21. The van der Waals surface area contributed by atoms with Crippen LogP contribution in [0.5, 0.6) is 5.75 Å². The highest BCUT2D eigenvalue weighted by Gasteiger charge is 2.22. The fraction of sp³-hybridized carbons (Fsp3) is 0.462. The molecule has 1 amide bonds. The van der Waals surface area contributed by atoms with Crippen molar-refractivity contribution in [2.75, 3.05) is 5.32 Å². The van der Waals surface area contributed by atoms with Crippen LogP contribution < -0.4 is 5.32 Å². The molecule has 1 fully saturated rings. The number of hydrogen-bond acceptors (Lipinski definition) is 4. The summed E-state index contributed by atoms with van der Waals surface area (Å²) in [6.07, 6.45) is 4.87. The van der Waals surface area contributed by atoms with Gasteiger partial charge in [0.1, 0.15) is 5.75 Å². The zero-order valence-electron chi connectivity index (χ0n) is 10.5. The summed E-state index contributed by atoms with van der Waals surface area (Å²) in [4.78, 5) is 22.1. The van der Waals surface area contributed by atoms with Crippen LogP contribution in [0, 0.1) is 16.0 Å². The molecule has 0 saturated heterocycles. The van der Waals surface area contributed by atoms with Crippen molar-refractivity contribution in [2.24, 2.45) is 5.92 Å². The summed E-state index contributed by atoms with van der Waals surface area (Å²) in [5, 5.41) is 22.9. The Morgan fingerprint density at radius 2 is 2.00 bits per heavy atom. The van der Waals surface area contributed by atoms with E-state index in [1.165, 1.54) is 18.2 Å². The Kier molecular flexibility index (Phi) is 3.99. The molecule has 2 rings (SSSR count). The molecule has 0 spiro atoms. The normalized spacial score (nSPS) is 16.0. The third-order valence-corrected chi connectivity index (χ3v) is 3.42. The summed E-state index contributed by atoms with van der Waals surface area (Å²) < 4.78 is 0. The van der Waals surface area contributed by atoms with Gasteiger partial charge in [-0.2, -0.15) is 0 Å². The number of nitro groups is 1. The highest BCUT2D eigenvalue weighted by molar-refractivity contribution is 5.94. The van der Waals surface area contributed by atoms with Crippen LogP contribution in [0.1, 0.15) is 32.1 Å². The van der Waals surface area contributed by atoms with E-state index < -0.39 is 4.92 Å². The van der Waals surface area contributed by atoms with Gasteiger partial charge in [-0.05, 0) is 18.9 Å². The van der Waals surface area contributed by atoms with E-state index in [9.17, 15) is 20.0 Å². The van der Waals surface area contributed by atoms with Gasteiger partial charge in [0.2, 0.25) is 5.91 Å². The lowest BCUT2D eigenvalue weighted by Gasteiger charge is -2.20. The van der Waals surface area contributed by atoms with Crippen molar-refractivity contribution in [3.05, 3.63) is 28.3 Å². The lowest BCUT2D eigenvalue weighted by atomic mass is 9.88. The van der Waals surface area contributed by atoms with Gasteiger partial charge >= 0.3 is 0 Å². The number of amides is 1. The van der Waals surface area contributed by atoms with E-state index >= 15 is 0 Å². The molecule has 0 atom stereocenters. The average Bonchev–Trinajstić information content (AvgIpc) is 2.42. The van der Waals surface area contributed by atoms with Crippen LogP contribution >= 0.6 is 0 Å². The molecule has 0 unspecified atom stereocenters. The van der Waals surface area contributed by atoms with Gasteiger partial charge in [0, 0.05) is 18.1 Å². The van der Waals surface area contributed by atoms with Crippen LogP contribution in [-0.2, 0) is 4.79 Å². The largest absolute Gasteiger partial charge is 0.506 e. The number of aromatic hydroxyl groups is 1. The minimum Gasteiger partial charge on any atom is -0.506 e. The minimum absolute atomic E-state index is 0.0626. The number of hydrogen-bond donors (Lipinski definition) is 2. The summed E-state index contributed by atoms with van der Waals surface area (Å²) in [6, 6.07) is 3.59. The zero-order valence-corrected chi connectivity index (χ0v) is 10.5. The predicted molar refractivity (Wildman–Crippen MR) is 70.0 cm³/mol. The maximum atomic E-state index is 12.0. The summed E-state index contributed by atoms with van der Waals surface area (Å²) >= 11 is 0. The van der Waals surface area contributed by atoms with Gasteiger partial charge in [-0.1, -0.05) is 19.3 Å². The third-order valence-electron chi connectivity index (χ3n) is 3.42. The first-order valence-corrected chi connectivity index (χ1v) is 6.36. The summed E-state index contributed by atoms with van der Waals surface area (Å²) in [6.45, 7) is 0. The van der Waals surface area contributed by atoms with Crippen molar-refractivity contribution >= 4 is 17.3 Å². The molecule has 0 bridgehead atoms.